The average Bonchev–Trinajstić information content (AvgIpc) is 2.56. The van der Waals surface area contributed by atoms with Gasteiger partial charge in [0.15, 0.2) is 0 Å². The Hall–Kier alpha value is -2.10. The van der Waals surface area contributed by atoms with E-state index in [0.717, 1.165) is 0 Å². The molecule has 3 rings (SSSR count). The van der Waals surface area contributed by atoms with Crippen LogP contribution in [0.3, 0.4) is 0 Å². The van der Waals surface area contributed by atoms with Crippen LogP contribution in [0.15, 0.2) is 12.1 Å². The summed E-state index contributed by atoms with van der Waals surface area (Å²) in [6.45, 7) is 7.14. The maximum atomic E-state index is 14.6. The summed E-state index contributed by atoms with van der Waals surface area (Å²) < 4.78 is 25.3. The fourth-order valence-corrected chi connectivity index (χ4v) is 3.18. The van der Waals surface area contributed by atoms with Gasteiger partial charge in [-0.2, -0.15) is 0 Å². The molecular formula is C18H26FN3O5. The number of anilines is 1. The van der Waals surface area contributed by atoms with E-state index in [-0.39, 0.29) is 24.0 Å². The van der Waals surface area contributed by atoms with Crippen LogP contribution in [0.25, 0.3) is 0 Å². The number of hydrogen-bond donors (Lipinski definition) is 3. The number of fused-ring (bicyclic) bond motifs is 1. The number of halogens is 1. The van der Waals surface area contributed by atoms with Gasteiger partial charge < -0.3 is 35.2 Å². The fraction of sp³-hybridized carbons (Fsp3) is 0.611. The summed E-state index contributed by atoms with van der Waals surface area (Å²) in [4.78, 5) is 15.7. The molecule has 2 aliphatic rings. The van der Waals surface area contributed by atoms with Gasteiger partial charge in [-0.05, 0) is 26.8 Å². The molecule has 1 aromatic rings. The average molecular weight is 383 g/mol. The molecule has 1 fully saturated rings. The Kier molecular flexibility index (Phi) is 4.96. The van der Waals surface area contributed by atoms with E-state index in [2.05, 4.69) is 0 Å². The van der Waals surface area contributed by atoms with E-state index < -0.39 is 23.2 Å². The number of carbonyl (C=O) groups excluding carboxylic acids is 1. The molecule has 1 aromatic carbocycles. The first kappa shape index (κ1) is 19.7. The van der Waals surface area contributed by atoms with Crippen molar-refractivity contribution in [2.45, 2.75) is 38.2 Å². The number of ether oxygens (including phenoxy) is 2. The Morgan fingerprint density at radius 2 is 1.93 bits per heavy atom. The van der Waals surface area contributed by atoms with Crippen molar-refractivity contribution in [2.75, 3.05) is 37.7 Å². The maximum Gasteiger partial charge on any atom is 0.410 e. The van der Waals surface area contributed by atoms with E-state index in [1.807, 2.05) is 25.7 Å². The number of benzene rings is 1. The van der Waals surface area contributed by atoms with Crippen LogP contribution < -0.4 is 15.4 Å². The van der Waals surface area contributed by atoms with Gasteiger partial charge in [-0.1, -0.05) is 0 Å². The summed E-state index contributed by atoms with van der Waals surface area (Å²) in [7, 11) is 0. The topological polar surface area (TPSA) is 108 Å². The SMILES string of the molecule is CC(C)(C)OC(=O)N1CCN(c2cc(F)c3c(c2)OCC(N)C3(O)O)CC1. The van der Waals surface area contributed by atoms with E-state index in [9.17, 15) is 19.4 Å². The molecular weight excluding hydrogens is 357 g/mol. The number of piperazine rings is 1. The van der Waals surface area contributed by atoms with Crippen LogP contribution in [0.2, 0.25) is 0 Å². The van der Waals surface area contributed by atoms with Crippen molar-refractivity contribution in [3.05, 3.63) is 23.5 Å². The summed E-state index contributed by atoms with van der Waals surface area (Å²) in [5.74, 6) is -3.21. The van der Waals surface area contributed by atoms with E-state index >= 15 is 0 Å². The molecule has 0 radical (unpaired) electrons. The number of amides is 1. The van der Waals surface area contributed by atoms with Crippen LogP contribution in [0, 0.1) is 5.82 Å². The molecule has 1 atom stereocenters. The van der Waals surface area contributed by atoms with Gasteiger partial charge in [-0.3, -0.25) is 0 Å². The van der Waals surface area contributed by atoms with Gasteiger partial charge in [-0.15, -0.1) is 0 Å². The Balaban J connectivity index is 1.73. The summed E-state index contributed by atoms with van der Waals surface area (Å²) in [6.07, 6.45) is -0.374. The van der Waals surface area contributed by atoms with E-state index in [1.165, 1.54) is 6.07 Å². The highest BCUT2D eigenvalue weighted by Crippen LogP contribution is 2.39. The highest BCUT2D eigenvalue weighted by Gasteiger charge is 2.43. The highest BCUT2D eigenvalue weighted by molar-refractivity contribution is 5.69. The second-order valence-corrected chi connectivity index (χ2v) is 7.90. The van der Waals surface area contributed by atoms with Crippen LogP contribution in [-0.2, 0) is 10.5 Å². The first-order chi connectivity index (χ1) is 12.5. The Morgan fingerprint density at radius 3 is 2.52 bits per heavy atom. The van der Waals surface area contributed by atoms with E-state index in [0.29, 0.717) is 31.9 Å². The Labute approximate surface area is 157 Å². The molecule has 1 saturated heterocycles. The van der Waals surface area contributed by atoms with Crippen LogP contribution in [-0.4, -0.2) is 65.6 Å². The molecule has 2 heterocycles. The zero-order valence-electron chi connectivity index (χ0n) is 15.7. The first-order valence-corrected chi connectivity index (χ1v) is 8.89. The zero-order valence-corrected chi connectivity index (χ0v) is 15.7. The monoisotopic (exact) mass is 383 g/mol. The molecule has 0 saturated carbocycles. The van der Waals surface area contributed by atoms with Gasteiger partial charge in [0.25, 0.3) is 0 Å². The molecule has 150 valence electrons. The van der Waals surface area contributed by atoms with Crippen molar-refractivity contribution >= 4 is 11.8 Å². The lowest BCUT2D eigenvalue weighted by Gasteiger charge is -2.38. The molecule has 27 heavy (non-hydrogen) atoms. The Bertz CT molecular complexity index is 726. The standard InChI is InChI=1S/C18H26FN3O5/c1-17(2,3)27-16(23)22-6-4-21(5-7-22)11-8-12(19)15-13(9-11)26-10-14(20)18(15,24)25/h8-9,14,24-25H,4-7,10,20H2,1-3H3. The van der Waals surface area contributed by atoms with E-state index in [4.69, 9.17) is 15.2 Å². The number of rotatable bonds is 1. The predicted molar refractivity (Wildman–Crippen MR) is 96.0 cm³/mol. The van der Waals surface area contributed by atoms with Crippen molar-refractivity contribution in [3.63, 3.8) is 0 Å². The van der Waals surface area contributed by atoms with E-state index in [1.54, 1.807) is 11.0 Å². The number of hydrogen-bond acceptors (Lipinski definition) is 7. The number of nitrogens with zero attached hydrogens (tertiary/aromatic N) is 2. The molecule has 0 aromatic heterocycles. The van der Waals surface area contributed by atoms with Crippen LogP contribution in [0.1, 0.15) is 26.3 Å². The molecule has 1 unspecified atom stereocenters. The van der Waals surface area contributed by atoms with Gasteiger partial charge in [-0.25, -0.2) is 9.18 Å². The smallest absolute Gasteiger partial charge is 0.410 e. The molecule has 4 N–H and O–H groups in total. The van der Waals surface area contributed by atoms with Gasteiger partial charge >= 0.3 is 6.09 Å². The molecule has 0 spiro atoms. The lowest BCUT2D eigenvalue weighted by molar-refractivity contribution is -0.201. The zero-order chi connectivity index (χ0) is 20.0. The summed E-state index contributed by atoms with van der Waals surface area (Å²) in [6, 6.07) is 1.65. The van der Waals surface area contributed by atoms with Crippen molar-refractivity contribution < 1.29 is 28.9 Å². The van der Waals surface area contributed by atoms with Crippen LogP contribution >= 0.6 is 0 Å². The predicted octanol–water partition coefficient (Wildman–Crippen LogP) is 0.740. The molecule has 0 bridgehead atoms. The van der Waals surface area contributed by atoms with Gasteiger partial charge in [0.05, 0.1) is 11.6 Å². The van der Waals surface area contributed by atoms with Gasteiger partial charge in [0.2, 0.25) is 5.79 Å². The number of aliphatic hydroxyl groups is 2. The minimum absolute atomic E-state index is 0.0614. The molecule has 1 amide bonds. The second kappa shape index (κ2) is 6.81. The first-order valence-electron chi connectivity index (χ1n) is 8.89. The minimum atomic E-state index is -2.48. The van der Waals surface area contributed by atoms with Crippen molar-refractivity contribution in [3.8, 4) is 5.75 Å². The van der Waals surface area contributed by atoms with Crippen molar-refractivity contribution in [1.82, 2.24) is 4.90 Å². The third-order valence-electron chi connectivity index (χ3n) is 4.64. The van der Waals surface area contributed by atoms with Crippen molar-refractivity contribution in [1.29, 1.82) is 0 Å². The summed E-state index contributed by atoms with van der Waals surface area (Å²) >= 11 is 0. The normalized spacial score (nSPS) is 22.1. The van der Waals surface area contributed by atoms with Gasteiger partial charge in [0.1, 0.15) is 23.8 Å². The summed E-state index contributed by atoms with van der Waals surface area (Å²) in [5, 5.41) is 20.2. The van der Waals surface area contributed by atoms with Crippen molar-refractivity contribution in [2.24, 2.45) is 5.73 Å². The molecule has 9 heteroatoms. The highest BCUT2D eigenvalue weighted by atomic mass is 19.1. The second-order valence-electron chi connectivity index (χ2n) is 7.90. The van der Waals surface area contributed by atoms with Crippen LogP contribution in [0.4, 0.5) is 14.9 Å². The number of carbonyl (C=O) groups is 1. The minimum Gasteiger partial charge on any atom is -0.491 e. The molecule has 8 nitrogen and oxygen atoms in total. The maximum absolute atomic E-state index is 14.6. The third kappa shape index (κ3) is 3.95. The summed E-state index contributed by atoms with van der Waals surface area (Å²) in [5.41, 5.74) is 5.25. The third-order valence-corrected chi connectivity index (χ3v) is 4.64. The fourth-order valence-electron chi connectivity index (χ4n) is 3.18. The lowest BCUT2D eigenvalue weighted by atomic mass is 9.94. The molecule has 2 aliphatic heterocycles. The lowest BCUT2D eigenvalue weighted by Crippen LogP contribution is -2.52. The Morgan fingerprint density at radius 1 is 1.30 bits per heavy atom. The largest absolute Gasteiger partial charge is 0.491 e. The quantitative estimate of drug-likeness (QED) is 0.614. The number of nitrogens with two attached hydrogens (primary N) is 1. The molecule has 0 aliphatic carbocycles. The van der Waals surface area contributed by atoms with Gasteiger partial charge in [0, 0.05) is 37.9 Å². The van der Waals surface area contributed by atoms with Crippen LogP contribution in [0.5, 0.6) is 5.75 Å².